The van der Waals surface area contributed by atoms with E-state index in [4.69, 9.17) is 10.5 Å². The quantitative estimate of drug-likeness (QED) is 0.666. The molecular formula is C16H18N2O3. The predicted octanol–water partition coefficient (Wildman–Crippen LogP) is 3.97. The summed E-state index contributed by atoms with van der Waals surface area (Å²) in [7, 11) is 0. The predicted molar refractivity (Wildman–Crippen MR) is 81.6 cm³/mol. The third kappa shape index (κ3) is 3.38. The Kier molecular flexibility index (Phi) is 4.55. The molecule has 0 saturated heterocycles. The van der Waals surface area contributed by atoms with E-state index in [1.807, 2.05) is 38.1 Å². The SMILES string of the molecule is CCc1ccc(Oc2ccccc2[C@@H](C)N)c([N+](=O)[O-])c1. The molecule has 0 unspecified atom stereocenters. The number of ether oxygens (including phenoxy) is 1. The van der Waals surface area contributed by atoms with Gasteiger partial charge in [-0.2, -0.15) is 0 Å². The summed E-state index contributed by atoms with van der Waals surface area (Å²) in [4.78, 5) is 10.8. The highest BCUT2D eigenvalue weighted by Gasteiger charge is 2.18. The molecule has 0 amide bonds. The molecule has 0 spiro atoms. The molecule has 1 atom stereocenters. The van der Waals surface area contributed by atoms with Gasteiger partial charge in [0.05, 0.1) is 4.92 Å². The maximum atomic E-state index is 11.2. The molecule has 5 heteroatoms. The molecule has 2 N–H and O–H groups in total. The number of benzene rings is 2. The fourth-order valence-electron chi connectivity index (χ4n) is 2.08. The Balaban J connectivity index is 2.42. The molecule has 0 saturated carbocycles. The number of rotatable bonds is 5. The number of nitro benzene ring substituents is 1. The summed E-state index contributed by atoms with van der Waals surface area (Å²) in [6.07, 6.45) is 0.734. The van der Waals surface area contributed by atoms with E-state index in [9.17, 15) is 10.1 Å². The van der Waals surface area contributed by atoms with E-state index in [0.29, 0.717) is 5.75 Å². The molecule has 2 aromatic rings. The molecule has 0 aliphatic rings. The molecule has 0 aromatic heterocycles. The minimum Gasteiger partial charge on any atom is -0.450 e. The van der Waals surface area contributed by atoms with Crippen LogP contribution in [0.5, 0.6) is 11.5 Å². The Bertz CT molecular complexity index is 654. The van der Waals surface area contributed by atoms with E-state index in [1.165, 1.54) is 0 Å². The van der Waals surface area contributed by atoms with Gasteiger partial charge in [0.15, 0.2) is 0 Å². The molecule has 0 fully saturated rings. The van der Waals surface area contributed by atoms with Crippen LogP contribution in [0.25, 0.3) is 0 Å². The average molecular weight is 286 g/mol. The van der Waals surface area contributed by atoms with Crippen LogP contribution in [0.15, 0.2) is 42.5 Å². The van der Waals surface area contributed by atoms with Gasteiger partial charge in [-0.15, -0.1) is 0 Å². The lowest BCUT2D eigenvalue weighted by atomic mass is 10.1. The molecule has 110 valence electrons. The summed E-state index contributed by atoms with van der Waals surface area (Å²) >= 11 is 0. The van der Waals surface area contributed by atoms with E-state index in [1.54, 1.807) is 18.2 Å². The third-order valence-electron chi connectivity index (χ3n) is 3.26. The zero-order valence-electron chi connectivity index (χ0n) is 12.1. The van der Waals surface area contributed by atoms with Gasteiger partial charge in [0.2, 0.25) is 5.75 Å². The summed E-state index contributed by atoms with van der Waals surface area (Å²) in [6, 6.07) is 12.1. The Morgan fingerprint density at radius 1 is 1.24 bits per heavy atom. The topological polar surface area (TPSA) is 78.4 Å². The normalized spacial score (nSPS) is 12.0. The standard InChI is InChI=1S/C16H18N2O3/c1-3-12-8-9-16(14(10-12)18(19)20)21-15-7-5-4-6-13(15)11(2)17/h4-11H,3,17H2,1-2H3/t11-/m1/s1. The van der Waals surface area contributed by atoms with Crippen molar-refractivity contribution in [2.24, 2.45) is 5.73 Å². The molecule has 0 aliphatic carbocycles. The summed E-state index contributed by atoms with van der Waals surface area (Å²) in [5.74, 6) is 0.769. The van der Waals surface area contributed by atoms with Crippen LogP contribution in [0, 0.1) is 10.1 Å². The largest absolute Gasteiger partial charge is 0.450 e. The van der Waals surface area contributed by atoms with E-state index >= 15 is 0 Å². The van der Waals surface area contributed by atoms with Gasteiger partial charge in [0, 0.05) is 17.7 Å². The summed E-state index contributed by atoms with van der Waals surface area (Å²) in [5, 5.41) is 11.2. The minimum atomic E-state index is -0.428. The highest BCUT2D eigenvalue weighted by molar-refractivity contribution is 5.51. The fraction of sp³-hybridized carbons (Fsp3) is 0.250. The zero-order chi connectivity index (χ0) is 15.4. The van der Waals surface area contributed by atoms with Crippen molar-refractivity contribution in [3.63, 3.8) is 0 Å². The first-order chi connectivity index (χ1) is 10.0. The van der Waals surface area contributed by atoms with Crippen LogP contribution in [-0.4, -0.2) is 4.92 Å². The van der Waals surface area contributed by atoms with E-state index < -0.39 is 4.92 Å². The Morgan fingerprint density at radius 2 is 1.95 bits per heavy atom. The van der Waals surface area contributed by atoms with Crippen molar-refractivity contribution in [2.75, 3.05) is 0 Å². The van der Waals surface area contributed by atoms with Crippen molar-refractivity contribution in [1.82, 2.24) is 0 Å². The molecule has 0 bridgehead atoms. The van der Waals surface area contributed by atoms with E-state index in [2.05, 4.69) is 0 Å². The van der Waals surface area contributed by atoms with Crippen LogP contribution >= 0.6 is 0 Å². The van der Waals surface area contributed by atoms with Crippen molar-refractivity contribution in [1.29, 1.82) is 0 Å². The molecule has 5 nitrogen and oxygen atoms in total. The van der Waals surface area contributed by atoms with Crippen LogP contribution in [0.4, 0.5) is 5.69 Å². The molecule has 0 radical (unpaired) electrons. The Labute approximate surface area is 123 Å². The first kappa shape index (κ1) is 15.0. The van der Waals surface area contributed by atoms with Gasteiger partial charge in [-0.05, 0) is 31.0 Å². The molecule has 21 heavy (non-hydrogen) atoms. The maximum Gasteiger partial charge on any atom is 0.311 e. The molecule has 2 aromatic carbocycles. The second-order valence-electron chi connectivity index (χ2n) is 4.84. The summed E-state index contributed by atoms with van der Waals surface area (Å²) in [5.41, 5.74) is 7.57. The highest BCUT2D eigenvalue weighted by Crippen LogP contribution is 2.35. The number of hydrogen-bond acceptors (Lipinski definition) is 4. The Hall–Kier alpha value is -2.40. The van der Waals surface area contributed by atoms with Gasteiger partial charge >= 0.3 is 5.69 Å². The van der Waals surface area contributed by atoms with Crippen LogP contribution in [0.2, 0.25) is 0 Å². The zero-order valence-corrected chi connectivity index (χ0v) is 12.1. The average Bonchev–Trinajstić information content (AvgIpc) is 2.47. The molecular weight excluding hydrogens is 268 g/mol. The molecule has 0 aliphatic heterocycles. The molecule has 0 heterocycles. The highest BCUT2D eigenvalue weighted by atomic mass is 16.6. The number of aryl methyl sites for hydroxylation is 1. The number of nitrogens with zero attached hydrogens (tertiary/aromatic N) is 1. The fourth-order valence-corrected chi connectivity index (χ4v) is 2.08. The van der Waals surface area contributed by atoms with Crippen LogP contribution in [0.1, 0.15) is 31.0 Å². The Morgan fingerprint density at radius 3 is 2.57 bits per heavy atom. The lowest BCUT2D eigenvalue weighted by molar-refractivity contribution is -0.385. The van der Waals surface area contributed by atoms with Gasteiger partial charge in [0.25, 0.3) is 0 Å². The van der Waals surface area contributed by atoms with Gasteiger partial charge in [-0.3, -0.25) is 10.1 Å². The lowest BCUT2D eigenvalue weighted by Gasteiger charge is -2.13. The smallest absolute Gasteiger partial charge is 0.311 e. The minimum absolute atomic E-state index is 0.0335. The van der Waals surface area contributed by atoms with E-state index in [0.717, 1.165) is 17.5 Å². The van der Waals surface area contributed by atoms with Crippen molar-refractivity contribution in [3.05, 3.63) is 63.7 Å². The lowest BCUT2D eigenvalue weighted by Crippen LogP contribution is -2.06. The van der Waals surface area contributed by atoms with E-state index in [-0.39, 0.29) is 17.5 Å². The van der Waals surface area contributed by atoms with Crippen molar-refractivity contribution >= 4 is 5.69 Å². The maximum absolute atomic E-state index is 11.2. The number of nitro groups is 1. The first-order valence-electron chi connectivity index (χ1n) is 6.82. The second kappa shape index (κ2) is 6.37. The van der Waals surface area contributed by atoms with Crippen LogP contribution in [0.3, 0.4) is 0 Å². The van der Waals surface area contributed by atoms with Crippen molar-refractivity contribution < 1.29 is 9.66 Å². The van der Waals surface area contributed by atoms with Crippen LogP contribution in [-0.2, 0) is 6.42 Å². The van der Waals surface area contributed by atoms with Crippen molar-refractivity contribution in [3.8, 4) is 11.5 Å². The second-order valence-corrected chi connectivity index (χ2v) is 4.84. The molecule has 2 rings (SSSR count). The van der Waals surface area contributed by atoms with Gasteiger partial charge in [-0.25, -0.2) is 0 Å². The first-order valence-corrected chi connectivity index (χ1v) is 6.82. The van der Waals surface area contributed by atoms with Gasteiger partial charge < -0.3 is 10.5 Å². The van der Waals surface area contributed by atoms with Gasteiger partial charge in [-0.1, -0.05) is 31.2 Å². The number of para-hydroxylation sites is 1. The summed E-state index contributed by atoms with van der Waals surface area (Å²) < 4.78 is 5.74. The summed E-state index contributed by atoms with van der Waals surface area (Å²) in [6.45, 7) is 3.79. The number of nitrogens with two attached hydrogens (primary N) is 1. The van der Waals surface area contributed by atoms with Crippen LogP contribution < -0.4 is 10.5 Å². The van der Waals surface area contributed by atoms with Crippen molar-refractivity contribution in [2.45, 2.75) is 26.3 Å². The number of hydrogen-bond donors (Lipinski definition) is 1. The third-order valence-corrected chi connectivity index (χ3v) is 3.26. The monoisotopic (exact) mass is 286 g/mol. The van der Waals surface area contributed by atoms with Gasteiger partial charge in [0.1, 0.15) is 5.75 Å².